The molecule has 0 radical (unpaired) electrons. The van der Waals surface area contributed by atoms with Crippen LogP contribution < -0.4 is 0 Å². The lowest BCUT2D eigenvalue weighted by Gasteiger charge is -2.08. The number of pyridine rings is 1. The molecule has 1 rings (SSSR count). The third kappa shape index (κ3) is 3.54. The number of hydrogen-bond donors (Lipinski definition) is 0. The highest BCUT2D eigenvalue weighted by atomic mass is 35.5. The normalized spacial score (nSPS) is 13.3. The number of hydrogen-bond acceptors (Lipinski definition) is 5. The van der Waals surface area contributed by atoms with Crippen LogP contribution in [0.1, 0.15) is 6.92 Å². The summed E-state index contributed by atoms with van der Waals surface area (Å²) < 4.78 is 23.9. The second-order valence-electron chi connectivity index (χ2n) is 3.78. The molecule has 0 aromatic carbocycles. The quantitative estimate of drug-likeness (QED) is 0.472. The second kappa shape index (κ2) is 5.81. The van der Waals surface area contributed by atoms with Gasteiger partial charge < -0.3 is 0 Å². The molecule has 18 heavy (non-hydrogen) atoms. The molecule has 0 saturated heterocycles. The van der Waals surface area contributed by atoms with E-state index >= 15 is 0 Å². The fourth-order valence-electron chi connectivity index (χ4n) is 1.28. The lowest BCUT2D eigenvalue weighted by Crippen LogP contribution is -2.17. The van der Waals surface area contributed by atoms with E-state index in [4.69, 9.17) is 23.2 Å². The Hall–Kier alpha value is -0.920. The lowest BCUT2D eigenvalue weighted by atomic mass is 10.3. The van der Waals surface area contributed by atoms with Gasteiger partial charge in [0.25, 0.3) is 0 Å². The Morgan fingerprint density at radius 1 is 1.56 bits per heavy atom. The molecule has 6 nitrogen and oxygen atoms in total. The van der Waals surface area contributed by atoms with Gasteiger partial charge in [0.2, 0.25) is 14.9 Å². The molecule has 1 atom stereocenters. The lowest BCUT2D eigenvalue weighted by molar-refractivity contribution is -0.388. The van der Waals surface area contributed by atoms with Crippen LogP contribution in [0.4, 0.5) is 5.69 Å². The van der Waals surface area contributed by atoms with Crippen molar-refractivity contribution < 1.29 is 13.3 Å². The van der Waals surface area contributed by atoms with Crippen molar-refractivity contribution >= 4 is 38.7 Å². The van der Waals surface area contributed by atoms with Gasteiger partial charge in [-0.25, -0.2) is 13.4 Å². The van der Waals surface area contributed by atoms with Crippen molar-refractivity contribution in [2.75, 3.05) is 11.6 Å². The predicted molar refractivity (Wildman–Crippen MR) is 67.8 cm³/mol. The van der Waals surface area contributed by atoms with Crippen molar-refractivity contribution in [1.82, 2.24) is 4.98 Å². The topological polar surface area (TPSA) is 90.2 Å². The third-order valence-corrected chi connectivity index (χ3v) is 4.70. The molecule has 0 aliphatic rings. The van der Waals surface area contributed by atoms with Gasteiger partial charge in [0.05, 0.1) is 15.7 Å². The Bertz CT molecular complexity index is 562. The van der Waals surface area contributed by atoms with Crippen LogP contribution in [0.15, 0.2) is 17.3 Å². The first kappa shape index (κ1) is 15.1. The number of nitrogens with zero attached hydrogens (tertiary/aromatic N) is 2. The average molecular weight is 313 g/mol. The van der Waals surface area contributed by atoms with E-state index in [1.165, 1.54) is 0 Å². The number of sulfone groups is 1. The molecule has 0 aliphatic carbocycles. The molecule has 1 heterocycles. The van der Waals surface area contributed by atoms with E-state index in [-0.39, 0.29) is 22.6 Å². The van der Waals surface area contributed by atoms with Gasteiger partial charge in [-0.05, 0) is 5.92 Å². The minimum absolute atomic E-state index is 0.00559. The second-order valence-corrected chi connectivity index (χ2v) is 6.47. The van der Waals surface area contributed by atoms with Crippen molar-refractivity contribution in [3.63, 3.8) is 0 Å². The molecule has 9 heteroatoms. The summed E-state index contributed by atoms with van der Waals surface area (Å²) >= 11 is 11.1. The summed E-state index contributed by atoms with van der Waals surface area (Å²) in [6.07, 6.45) is 1.06. The van der Waals surface area contributed by atoms with Crippen molar-refractivity contribution in [3.05, 3.63) is 27.4 Å². The van der Waals surface area contributed by atoms with Gasteiger partial charge in [-0.3, -0.25) is 10.1 Å². The Balaban J connectivity index is 3.28. The zero-order chi connectivity index (χ0) is 13.9. The first-order chi connectivity index (χ1) is 8.27. The fourth-order valence-corrected chi connectivity index (χ4v) is 3.37. The minimum atomic E-state index is -3.86. The Morgan fingerprint density at radius 3 is 2.67 bits per heavy atom. The van der Waals surface area contributed by atoms with E-state index in [0.717, 1.165) is 12.3 Å². The smallest absolute Gasteiger partial charge is 0.258 e. The summed E-state index contributed by atoms with van der Waals surface area (Å²) in [7, 11) is -3.86. The number of alkyl halides is 1. The zero-order valence-corrected chi connectivity index (χ0v) is 11.7. The molecule has 100 valence electrons. The van der Waals surface area contributed by atoms with Crippen LogP contribution in [0.3, 0.4) is 0 Å². The number of aromatic nitrogens is 1. The van der Waals surface area contributed by atoms with Crippen LogP contribution in [-0.2, 0) is 9.84 Å². The monoisotopic (exact) mass is 312 g/mol. The summed E-state index contributed by atoms with van der Waals surface area (Å²) in [6, 6.07) is 0.965. The number of nitro groups is 1. The molecule has 1 unspecified atom stereocenters. The van der Waals surface area contributed by atoms with Crippen molar-refractivity contribution in [3.8, 4) is 0 Å². The third-order valence-electron chi connectivity index (χ3n) is 2.06. The van der Waals surface area contributed by atoms with Gasteiger partial charge in [-0.15, -0.1) is 11.6 Å². The van der Waals surface area contributed by atoms with E-state index < -0.39 is 25.5 Å². The summed E-state index contributed by atoms with van der Waals surface area (Å²) in [5, 5.41) is 10.2. The Morgan fingerprint density at radius 2 is 2.17 bits per heavy atom. The largest absolute Gasteiger partial charge is 0.308 e. The first-order valence-corrected chi connectivity index (χ1v) is 7.43. The van der Waals surface area contributed by atoms with Crippen LogP contribution in [0, 0.1) is 16.0 Å². The van der Waals surface area contributed by atoms with Crippen molar-refractivity contribution in [2.45, 2.75) is 11.9 Å². The summed E-state index contributed by atoms with van der Waals surface area (Å²) in [6.45, 7) is 1.63. The van der Waals surface area contributed by atoms with E-state index in [2.05, 4.69) is 4.98 Å². The zero-order valence-electron chi connectivity index (χ0n) is 9.34. The van der Waals surface area contributed by atoms with Crippen LogP contribution in [0.5, 0.6) is 0 Å². The average Bonchev–Trinajstić information content (AvgIpc) is 2.27. The molecule has 1 aromatic rings. The molecule has 0 fully saturated rings. The van der Waals surface area contributed by atoms with Gasteiger partial charge in [0, 0.05) is 18.1 Å². The summed E-state index contributed by atoms with van der Waals surface area (Å²) in [5.74, 6) is -0.485. The van der Waals surface area contributed by atoms with E-state index in [9.17, 15) is 18.5 Å². The van der Waals surface area contributed by atoms with Gasteiger partial charge in [0.15, 0.2) is 0 Å². The molecule has 0 spiro atoms. The highest BCUT2D eigenvalue weighted by Crippen LogP contribution is 2.26. The molecule has 0 bridgehead atoms. The van der Waals surface area contributed by atoms with E-state index in [1.807, 2.05) is 0 Å². The summed E-state index contributed by atoms with van der Waals surface area (Å²) in [5.41, 5.74) is -0.621. The van der Waals surface area contributed by atoms with Crippen LogP contribution in [0.25, 0.3) is 0 Å². The van der Waals surface area contributed by atoms with E-state index in [0.29, 0.717) is 0 Å². The highest BCUT2D eigenvalue weighted by Gasteiger charge is 2.29. The number of halogens is 2. The molecule has 0 amide bonds. The van der Waals surface area contributed by atoms with Crippen LogP contribution >= 0.6 is 23.2 Å². The van der Waals surface area contributed by atoms with Crippen LogP contribution in [-0.4, -0.2) is 30.0 Å². The molecule has 0 saturated carbocycles. The van der Waals surface area contributed by atoms with Gasteiger partial charge in [-0.1, -0.05) is 18.5 Å². The molecule has 1 aromatic heterocycles. The highest BCUT2D eigenvalue weighted by molar-refractivity contribution is 7.91. The Kier molecular flexibility index (Phi) is 4.89. The maximum absolute atomic E-state index is 12.0. The minimum Gasteiger partial charge on any atom is -0.258 e. The molecule has 0 N–H and O–H groups in total. The van der Waals surface area contributed by atoms with Gasteiger partial charge >= 0.3 is 5.69 Å². The Labute approximate surface area is 114 Å². The summed E-state index contributed by atoms with van der Waals surface area (Å²) in [4.78, 5) is 13.5. The van der Waals surface area contributed by atoms with Crippen molar-refractivity contribution in [1.29, 1.82) is 0 Å². The van der Waals surface area contributed by atoms with Crippen molar-refractivity contribution in [2.24, 2.45) is 5.92 Å². The van der Waals surface area contributed by atoms with Gasteiger partial charge in [0.1, 0.15) is 0 Å². The maximum Gasteiger partial charge on any atom is 0.308 e. The fraction of sp³-hybridized carbons (Fsp3) is 0.444. The maximum atomic E-state index is 12.0. The SMILES string of the molecule is CC(CCl)CS(=O)(=O)c1ncc(Cl)cc1[N+](=O)[O-]. The predicted octanol–water partition coefficient (Wildman–Crippen LogP) is 2.29. The van der Waals surface area contributed by atoms with Crippen LogP contribution in [0.2, 0.25) is 5.02 Å². The standard InChI is InChI=1S/C9H10Cl2N2O4S/c1-6(3-10)5-18(16,17)9-8(13(14)15)2-7(11)4-12-9/h2,4,6H,3,5H2,1H3. The number of rotatable bonds is 5. The molecule has 0 aliphatic heterocycles. The first-order valence-electron chi connectivity index (χ1n) is 4.86. The van der Waals surface area contributed by atoms with E-state index in [1.54, 1.807) is 6.92 Å². The van der Waals surface area contributed by atoms with Gasteiger partial charge in [-0.2, -0.15) is 0 Å². The molecular weight excluding hydrogens is 303 g/mol. The molecular formula is C9H10Cl2N2O4S.